The van der Waals surface area contributed by atoms with Crippen LogP contribution >= 0.6 is 0 Å². The zero-order chi connectivity index (χ0) is 15.9. The average molecular weight is 330 g/mol. The van der Waals surface area contributed by atoms with Gasteiger partial charge in [-0.3, -0.25) is 0 Å². The van der Waals surface area contributed by atoms with Crippen LogP contribution in [0.25, 0.3) is 0 Å². The number of hydrogen-bond donors (Lipinski definition) is 0. The van der Waals surface area contributed by atoms with E-state index in [9.17, 15) is 8.42 Å². The van der Waals surface area contributed by atoms with Crippen LogP contribution < -0.4 is 0 Å². The predicted octanol–water partition coefficient (Wildman–Crippen LogP) is 0.379. The van der Waals surface area contributed by atoms with Crippen LogP contribution in [-0.4, -0.2) is 67.1 Å². The Labute approximate surface area is 130 Å². The van der Waals surface area contributed by atoms with Crippen molar-refractivity contribution in [2.24, 2.45) is 5.92 Å². The van der Waals surface area contributed by atoms with Gasteiger partial charge >= 0.3 is 0 Å². The van der Waals surface area contributed by atoms with Crippen molar-refractivity contribution in [1.82, 2.24) is 18.8 Å². The third-order valence-corrected chi connectivity index (χ3v) is 6.39. The number of nitrogens with zero attached hydrogens (tertiary/aromatic N) is 4. The van der Waals surface area contributed by atoms with Crippen molar-refractivity contribution in [1.29, 1.82) is 0 Å². The van der Waals surface area contributed by atoms with E-state index in [-0.39, 0.29) is 17.9 Å². The summed E-state index contributed by atoms with van der Waals surface area (Å²) in [7, 11) is -0.300. The molecule has 1 aromatic heterocycles. The molecule has 0 amide bonds. The van der Waals surface area contributed by atoms with Gasteiger partial charge in [0.1, 0.15) is 0 Å². The lowest BCUT2D eigenvalue weighted by Crippen LogP contribution is -2.53. The summed E-state index contributed by atoms with van der Waals surface area (Å²) in [6, 6.07) is 0. The molecule has 1 aromatic rings. The van der Waals surface area contributed by atoms with Crippen molar-refractivity contribution in [2.75, 3.05) is 33.8 Å². The fourth-order valence-corrected chi connectivity index (χ4v) is 4.45. The number of hydrogen-bond acceptors (Lipinski definition) is 6. The quantitative estimate of drug-likeness (QED) is 0.796. The normalized spacial score (nSPS) is 30.5. The van der Waals surface area contributed by atoms with E-state index in [1.165, 1.54) is 8.61 Å². The second-order valence-corrected chi connectivity index (χ2v) is 8.23. The van der Waals surface area contributed by atoms with Crippen LogP contribution in [0.15, 0.2) is 4.52 Å². The largest absolute Gasteiger partial charge is 0.378 e. The first-order chi connectivity index (χ1) is 10.4. The third-order valence-electron chi connectivity index (χ3n) is 4.48. The Morgan fingerprint density at radius 2 is 2.09 bits per heavy atom. The molecule has 2 saturated heterocycles. The number of piperidine rings is 1. The van der Waals surface area contributed by atoms with Gasteiger partial charge in [0, 0.05) is 45.6 Å². The smallest absolute Gasteiger partial charge is 0.281 e. The molecule has 22 heavy (non-hydrogen) atoms. The van der Waals surface area contributed by atoms with E-state index < -0.39 is 10.2 Å². The lowest BCUT2D eigenvalue weighted by Gasteiger charge is -2.43. The molecule has 3 heterocycles. The van der Waals surface area contributed by atoms with E-state index in [1.54, 1.807) is 21.0 Å². The molecule has 0 bridgehead atoms. The van der Waals surface area contributed by atoms with Crippen molar-refractivity contribution in [3.05, 3.63) is 11.7 Å². The van der Waals surface area contributed by atoms with Crippen LogP contribution in [0.3, 0.4) is 0 Å². The third kappa shape index (κ3) is 2.78. The molecule has 0 aliphatic carbocycles. The Hall–Kier alpha value is -1.03. The molecule has 2 aliphatic heterocycles. The van der Waals surface area contributed by atoms with Gasteiger partial charge in [-0.15, -0.1) is 0 Å². The second kappa shape index (κ2) is 5.88. The molecular weight excluding hydrogens is 308 g/mol. The number of fused-ring (bicyclic) bond motifs is 1. The Kier molecular flexibility index (Phi) is 4.23. The summed E-state index contributed by atoms with van der Waals surface area (Å²) in [5, 5.41) is 3.86. The highest BCUT2D eigenvalue weighted by molar-refractivity contribution is 7.86. The van der Waals surface area contributed by atoms with Crippen LogP contribution in [0.4, 0.5) is 0 Å². The van der Waals surface area contributed by atoms with Gasteiger partial charge in [0.05, 0.1) is 6.10 Å². The van der Waals surface area contributed by atoms with E-state index >= 15 is 0 Å². The van der Waals surface area contributed by atoms with Crippen LogP contribution in [0.5, 0.6) is 0 Å². The summed E-state index contributed by atoms with van der Waals surface area (Å²) in [6.07, 6.45) is 1.53. The highest BCUT2D eigenvalue weighted by Crippen LogP contribution is 2.39. The van der Waals surface area contributed by atoms with Crippen LogP contribution in [0.1, 0.15) is 30.5 Å². The highest BCUT2D eigenvalue weighted by Gasteiger charge is 2.44. The van der Waals surface area contributed by atoms with Gasteiger partial charge in [-0.25, -0.2) is 0 Å². The first kappa shape index (κ1) is 15.9. The number of aromatic nitrogens is 2. The minimum atomic E-state index is -3.41. The Balaban J connectivity index is 1.84. The van der Waals surface area contributed by atoms with Crippen LogP contribution in [-0.2, 0) is 14.9 Å². The van der Waals surface area contributed by atoms with Crippen LogP contribution in [0.2, 0.25) is 0 Å². The zero-order valence-electron chi connectivity index (χ0n) is 13.1. The van der Waals surface area contributed by atoms with Gasteiger partial charge in [-0.05, 0) is 19.8 Å². The Morgan fingerprint density at radius 1 is 1.32 bits per heavy atom. The van der Waals surface area contributed by atoms with Gasteiger partial charge in [0.2, 0.25) is 5.89 Å². The van der Waals surface area contributed by atoms with Crippen molar-refractivity contribution in [2.45, 2.75) is 31.8 Å². The van der Waals surface area contributed by atoms with E-state index in [1.807, 2.05) is 0 Å². The van der Waals surface area contributed by atoms with Crippen molar-refractivity contribution in [3.8, 4) is 0 Å². The Bertz CT molecular complexity index is 630. The molecular formula is C13H22N4O4S. The van der Waals surface area contributed by atoms with Gasteiger partial charge in [0.25, 0.3) is 10.2 Å². The monoisotopic (exact) mass is 330 g/mol. The first-order valence-electron chi connectivity index (χ1n) is 7.49. The number of ether oxygens (including phenoxy) is 1. The molecule has 9 heteroatoms. The SMILES string of the molecule is Cc1noc([C@H]2CCO[C@H]3CCN(S(=O)(=O)N(C)C)C[C@H]32)n1. The summed E-state index contributed by atoms with van der Waals surface area (Å²) >= 11 is 0. The summed E-state index contributed by atoms with van der Waals surface area (Å²) in [5.41, 5.74) is 0. The standard InChI is InChI=1S/C13H22N4O4S/c1-9-14-13(21-15-9)10-5-7-20-12-4-6-17(8-11(10)12)22(18,19)16(2)3/h10-12H,4-8H2,1-3H3/t10-,11-,12-/m0/s1. The molecule has 2 fully saturated rings. The fourth-order valence-electron chi connectivity index (χ4n) is 3.29. The average Bonchev–Trinajstić information content (AvgIpc) is 2.92. The minimum absolute atomic E-state index is 0.0528. The predicted molar refractivity (Wildman–Crippen MR) is 78.4 cm³/mol. The van der Waals surface area contributed by atoms with Crippen molar-refractivity contribution < 1.29 is 17.7 Å². The summed E-state index contributed by atoms with van der Waals surface area (Å²) < 4.78 is 38.7. The molecule has 124 valence electrons. The molecule has 0 saturated carbocycles. The lowest BCUT2D eigenvalue weighted by atomic mass is 9.80. The molecule has 0 aromatic carbocycles. The minimum Gasteiger partial charge on any atom is -0.378 e. The van der Waals surface area contributed by atoms with E-state index in [4.69, 9.17) is 9.26 Å². The molecule has 0 spiro atoms. The first-order valence-corrected chi connectivity index (χ1v) is 8.88. The second-order valence-electron chi connectivity index (χ2n) is 6.08. The van der Waals surface area contributed by atoms with Gasteiger partial charge in [-0.2, -0.15) is 22.0 Å². The number of rotatable bonds is 3. The maximum Gasteiger partial charge on any atom is 0.281 e. The molecule has 3 atom stereocenters. The highest BCUT2D eigenvalue weighted by atomic mass is 32.2. The summed E-state index contributed by atoms with van der Waals surface area (Å²) in [4.78, 5) is 4.34. The fraction of sp³-hybridized carbons (Fsp3) is 0.846. The van der Waals surface area contributed by atoms with E-state index in [2.05, 4.69) is 10.1 Å². The maximum atomic E-state index is 12.4. The summed E-state index contributed by atoms with van der Waals surface area (Å²) in [5.74, 6) is 1.31. The van der Waals surface area contributed by atoms with Gasteiger partial charge < -0.3 is 9.26 Å². The molecule has 0 unspecified atom stereocenters. The van der Waals surface area contributed by atoms with E-state index in [0.29, 0.717) is 37.8 Å². The van der Waals surface area contributed by atoms with Gasteiger partial charge in [0.15, 0.2) is 5.82 Å². The van der Waals surface area contributed by atoms with Crippen molar-refractivity contribution >= 4 is 10.2 Å². The van der Waals surface area contributed by atoms with Crippen LogP contribution in [0, 0.1) is 12.8 Å². The lowest BCUT2D eigenvalue weighted by molar-refractivity contribution is -0.0697. The molecule has 0 radical (unpaired) electrons. The molecule has 2 aliphatic rings. The zero-order valence-corrected chi connectivity index (χ0v) is 13.9. The topological polar surface area (TPSA) is 88.8 Å². The molecule has 0 N–H and O–H groups in total. The maximum absolute atomic E-state index is 12.4. The number of aryl methyl sites for hydroxylation is 1. The van der Waals surface area contributed by atoms with Gasteiger partial charge in [-0.1, -0.05) is 5.16 Å². The molecule has 8 nitrogen and oxygen atoms in total. The Morgan fingerprint density at radius 3 is 2.73 bits per heavy atom. The summed E-state index contributed by atoms with van der Waals surface area (Å²) in [6.45, 7) is 3.34. The van der Waals surface area contributed by atoms with E-state index in [0.717, 1.165) is 6.42 Å². The molecule has 3 rings (SSSR count). The van der Waals surface area contributed by atoms with Crippen molar-refractivity contribution in [3.63, 3.8) is 0 Å².